The molecular formula is C16H23N3O2S. The van der Waals surface area contributed by atoms with Gasteiger partial charge in [-0.15, -0.1) is 11.3 Å². The SMILES string of the molecule is Cc1cc(NC(=O)C2CC2)sc1C(=O)N1CCCN(C)CC1. The fraction of sp³-hybridized carbons (Fsp3) is 0.625. The molecule has 3 rings (SSSR count). The Morgan fingerprint density at radius 3 is 2.73 bits per heavy atom. The molecule has 5 nitrogen and oxygen atoms in total. The van der Waals surface area contributed by atoms with Crippen molar-refractivity contribution in [2.45, 2.75) is 26.2 Å². The average Bonchev–Trinajstić information content (AvgIpc) is 3.27. The summed E-state index contributed by atoms with van der Waals surface area (Å²) >= 11 is 1.41. The lowest BCUT2D eigenvalue weighted by molar-refractivity contribution is -0.117. The van der Waals surface area contributed by atoms with E-state index in [9.17, 15) is 9.59 Å². The summed E-state index contributed by atoms with van der Waals surface area (Å²) < 4.78 is 0. The van der Waals surface area contributed by atoms with Gasteiger partial charge in [-0.05, 0) is 51.4 Å². The van der Waals surface area contributed by atoms with Gasteiger partial charge in [0.2, 0.25) is 5.91 Å². The van der Waals surface area contributed by atoms with Crippen molar-refractivity contribution in [1.29, 1.82) is 0 Å². The topological polar surface area (TPSA) is 52.7 Å². The van der Waals surface area contributed by atoms with Crippen LogP contribution in [0.4, 0.5) is 5.00 Å². The van der Waals surface area contributed by atoms with Crippen LogP contribution in [0.25, 0.3) is 0 Å². The molecule has 0 radical (unpaired) electrons. The van der Waals surface area contributed by atoms with Crippen LogP contribution in [0.3, 0.4) is 0 Å². The molecule has 1 aromatic rings. The Labute approximate surface area is 135 Å². The Bertz CT molecular complexity index is 580. The van der Waals surface area contributed by atoms with Crippen molar-refractivity contribution in [1.82, 2.24) is 9.80 Å². The van der Waals surface area contributed by atoms with Crippen LogP contribution in [0.2, 0.25) is 0 Å². The lowest BCUT2D eigenvalue weighted by Gasteiger charge is -2.20. The first kappa shape index (κ1) is 15.5. The van der Waals surface area contributed by atoms with E-state index in [1.54, 1.807) is 0 Å². The number of nitrogens with one attached hydrogen (secondary N) is 1. The zero-order valence-corrected chi connectivity index (χ0v) is 14.0. The highest BCUT2D eigenvalue weighted by atomic mass is 32.1. The molecule has 1 aliphatic carbocycles. The minimum absolute atomic E-state index is 0.0941. The number of thiophene rings is 1. The van der Waals surface area contributed by atoms with E-state index >= 15 is 0 Å². The molecule has 1 N–H and O–H groups in total. The van der Waals surface area contributed by atoms with Gasteiger partial charge in [0.25, 0.3) is 5.91 Å². The standard InChI is InChI=1S/C16H23N3O2S/c1-11-10-13(17-15(20)12-4-5-12)22-14(11)16(21)19-7-3-6-18(2)8-9-19/h10,12H,3-9H2,1-2H3,(H,17,20). The monoisotopic (exact) mass is 321 g/mol. The highest BCUT2D eigenvalue weighted by Gasteiger charge is 2.30. The molecule has 0 aromatic carbocycles. The van der Waals surface area contributed by atoms with Crippen LogP contribution in [-0.4, -0.2) is 54.8 Å². The van der Waals surface area contributed by atoms with Crippen molar-refractivity contribution < 1.29 is 9.59 Å². The van der Waals surface area contributed by atoms with Crippen LogP contribution < -0.4 is 5.32 Å². The Balaban J connectivity index is 1.69. The maximum absolute atomic E-state index is 12.7. The zero-order chi connectivity index (χ0) is 15.7. The van der Waals surface area contributed by atoms with Crippen LogP contribution >= 0.6 is 11.3 Å². The number of rotatable bonds is 3. The van der Waals surface area contributed by atoms with Gasteiger partial charge in [-0.25, -0.2) is 0 Å². The molecule has 1 saturated heterocycles. The fourth-order valence-corrected chi connectivity index (χ4v) is 3.76. The van der Waals surface area contributed by atoms with Gasteiger partial charge in [0, 0.05) is 25.6 Å². The number of anilines is 1. The normalized spacial score (nSPS) is 19.8. The van der Waals surface area contributed by atoms with E-state index in [2.05, 4.69) is 17.3 Å². The van der Waals surface area contributed by atoms with Crippen LogP contribution in [0.1, 0.15) is 34.5 Å². The maximum atomic E-state index is 12.7. The lowest BCUT2D eigenvalue weighted by atomic mass is 10.2. The van der Waals surface area contributed by atoms with Crippen molar-refractivity contribution in [2.24, 2.45) is 5.92 Å². The highest BCUT2D eigenvalue weighted by molar-refractivity contribution is 7.18. The summed E-state index contributed by atoms with van der Waals surface area (Å²) in [6.07, 6.45) is 2.99. The molecule has 1 aliphatic heterocycles. The molecule has 120 valence electrons. The third-order valence-corrected chi connectivity index (χ3v) is 5.45. The first-order valence-corrected chi connectivity index (χ1v) is 8.75. The predicted molar refractivity (Wildman–Crippen MR) is 88.4 cm³/mol. The van der Waals surface area contributed by atoms with Crippen LogP contribution in [0.15, 0.2) is 6.07 Å². The molecule has 2 amide bonds. The number of hydrogen-bond acceptors (Lipinski definition) is 4. The number of nitrogens with zero attached hydrogens (tertiary/aromatic N) is 2. The molecule has 6 heteroatoms. The van der Waals surface area contributed by atoms with Crippen molar-refractivity contribution in [2.75, 3.05) is 38.5 Å². The number of carbonyl (C=O) groups is 2. The van der Waals surface area contributed by atoms with Crippen molar-refractivity contribution in [3.05, 3.63) is 16.5 Å². The predicted octanol–water partition coefficient (Wildman–Crippen LogP) is 2.18. The largest absolute Gasteiger partial charge is 0.337 e. The van der Waals surface area contributed by atoms with Gasteiger partial charge in [-0.2, -0.15) is 0 Å². The molecule has 1 saturated carbocycles. The summed E-state index contributed by atoms with van der Waals surface area (Å²) in [6, 6.07) is 1.92. The van der Waals surface area contributed by atoms with Gasteiger partial charge in [0.15, 0.2) is 0 Å². The molecule has 2 heterocycles. The second kappa shape index (κ2) is 6.38. The number of carbonyl (C=O) groups excluding carboxylic acids is 2. The van der Waals surface area contributed by atoms with E-state index in [0.717, 1.165) is 60.9 Å². The quantitative estimate of drug-likeness (QED) is 0.928. The number of likely N-dealkylation sites (N-methyl/N-ethyl adjacent to an activating group) is 1. The van der Waals surface area contributed by atoms with E-state index in [1.807, 2.05) is 17.9 Å². The molecule has 22 heavy (non-hydrogen) atoms. The Morgan fingerprint density at radius 1 is 1.23 bits per heavy atom. The van der Waals surface area contributed by atoms with E-state index in [4.69, 9.17) is 0 Å². The summed E-state index contributed by atoms with van der Waals surface area (Å²) in [6.45, 7) is 5.48. The maximum Gasteiger partial charge on any atom is 0.264 e. The number of aryl methyl sites for hydroxylation is 1. The van der Waals surface area contributed by atoms with Gasteiger partial charge in [0.05, 0.1) is 9.88 Å². The Kier molecular flexibility index (Phi) is 4.49. The van der Waals surface area contributed by atoms with Gasteiger partial charge in [-0.3, -0.25) is 9.59 Å². The minimum Gasteiger partial charge on any atom is -0.337 e. The first-order valence-electron chi connectivity index (χ1n) is 7.93. The Hall–Kier alpha value is -1.40. The summed E-state index contributed by atoms with van der Waals surface area (Å²) in [5.74, 6) is 0.379. The van der Waals surface area contributed by atoms with Crippen molar-refractivity contribution >= 4 is 28.2 Å². The Morgan fingerprint density at radius 2 is 2.00 bits per heavy atom. The second-order valence-electron chi connectivity index (χ2n) is 6.34. The molecule has 2 aliphatic rings. The molecular weight excluding hydrogens is 298 g/mol. The second-order valence-corrected chi connectivity index (χ2v) is 7.39. The highest BCUT2D eigenvalue weighted by Crippen LogP contribution is 2.33. The van der Waals surface area contributed by atoms with Gasteiger partial charge in [0.1, 0.15) is 0 Å². The minimum atomic E-state index is 0.0941. The van der Waals surface area contributed by atoms with Crippen LogP contribution in [0, 0.1) is 12.8 Å². The summed E-state index contributed by atoms with van der Waals surface area (Å²) in [5, 5.41) is 3.74. The first-order chi connectivity index (χ1) is 10.5. The van der Waals surface area contributed by atoms with Crippen molar-refractivity contribution in [3.8, 4) is 0 Å². The number of amides is 2. The fourth-order valence-electron chi connectivity index (χ4n) is 2.72. The van der Waals surface area contributed by atoms with Gasteiger partial charge < -0.3 is 15.1 Å². The van der Waals surface area contributed by atoms with Gasteiger partial charge >= 0.3 is 0 Å². The van der Waals surface area contributed by atoms with Gasteiger partial charge in [-0.1, -0.05) is 0 Å². The molecule has 0 unspecified atom stereocenters. The molecule has 1 aromatic heterocycles. The smallest absolute Gasteiger partial charge is 0.264 e. The molecule has 0 spiro atoms. The van der Waals surface area contributed by atoms with Crippen LogP contribution in [0.5, 0.6) is 0 Å². The summed E-state index contributed by atoms with van der Waals surface area (Å²) in [4.78, 5) is 29.5. The third kappa shape index (κ3) is 3.50. The van der Waals surface area contributed by atoms with E-state index in [-0.39, 0.29) is 17.7 Å². The molecule has 2 fully saturated rings. The van der Waals surface area contributed by atoms with E-state index in [0.29, 0.717) is 0 Å². The number of hydrogen-bond donors (Lipinski definition) is 1. The third-order valence-electron chi connectivity index (χ3n) is 4.31. The molecule has 0 atom stereocenters. The van der Waals surface area contributed by atoms with Crippen molar-refractivity contribution in [3.63, 3.8) is 0 Å². The van der Waals surface area contributed by atoms with Crippen LogP contribution in [-0.2, 0) is 4.79 Å². The molecule has 0 bridgehead atoms. The summed E-state index contributed by atoms with van der Waals surface area (Å²) in [5.41, 5.74) is 0.957. The summed E-state index contributed by atoms with van der Waals surface area (Å²) in [7, 11) is 2.09. The van der Waals surface area contributed by atoms with E-state index < -0.39 is 0 Å². The lowest BCUT2D eigenvalue weighted by Crippen LogP contribution is -2.34. The average molecular weight is 321 g/mol. The zero-order valence-electron chi connectivity index (χ0n) is 13.2. The van der Waals surface area contributed by atoms with E-state index in [1.165, 1.54) is 11.3 Å².